The average molecular weight is 321 g/mol. The lowest BCUT2D eigenvalue weighted by atomic mass is 9.88. The van der Waals surface area contributed by atoms with Gasteiger partial charge in [0.05, 0.1) is 12.6 Å². The topological polar surface area (TPSA) is 79.2 Å². The SMILES string of the molecule is CC(C)(C)OC(=O)N1CC[C@]2(C[C@H](O)c3ccc(O)cc3O2)C1. The van der Waals surface area contributed by atoms with E-state index in [2.05, 4.69) is 0 Å². The van der Waals surface area contributed by atoms with Crippen LogP contribution in [0.3, 0.4) is 0 Å². The molecule has 1 spiro atoms. The highest BCUT2D eigenvalue weighted by Gasteiger charge is 2.47. The summed E-state index contributed by atoms with van der Waals surface area (Å²) in [4.78, 5) is 13.8. The van der Waals surface area contributed by atoms with E-state index >= 15 is 0 Å². The first-order valence-electron chi connectivity index (χ1n) is 7.85. The summed E-state index contributed by atoms with van der Waals surface area (Å²) in [5.74, 6) is 0.574. The van der Waals surface area contributed by atoms with Crippen molar-refractivity contribution in [2.75, 3.05) is 13.1 Å². The van der Waals surface area contributed by atoms with Crippen molar-refractivity contribution in [3.8, 4) is 11.5 Å². The van der Waals surface area contributed by atoms with E-state index in [1.807, 2.05) is 20.8 Å². The molecule has 1 aromatic carbocycles. The molecular formula is C17H23NO5. The van der Waals surface area contributed by atoms with Crippen molar-refractivity contribution in [3.63, 3.8) is 0 Å². The van der Waals surface area contributed by atoms with Gasteiger partial charge < -0.3 is 24.6 Å². The molecule has 2 N–H and O–H groups in total. The van der Waals surface area contributed by atoms with Gasteiger partial charge in [0.1, 0.15) is 22.7 Å². The van der Waals surface area contributed by atoms with Gasteiger partial charge in [-0.1, -0.05) is 0 Å². The molecule has 2 heterocycles. The quantitative estimate of drug-likeness (QED) is 0.768. The number of aliphatic hydroxyl groups is 1. The molecule has 1 amide bonds. The Hall–Kier alpha value is -1.95. The van der Waals surface area contributed by atoms with E-state index in [1.165, 1.54) is 12.1 Å². The first kappa shape index (κ1) is 15.9. The van der Waals surface area contributed by atoms with Crippen LogP contribution in [0.5, 0.6) is 11.5 Å². The molecule has 2 atom stereocenters. The number of carbonyl (C=O) groups excluding carboxylic acids is 1. The van der Waals surface area contributed by atoms with Gasteiger partial charge in [-0.15, -0.1) is 0 Å². The van der Waals surface area contributed by atoms with Crippen LogP contribution in [-0.4, -0.2) is 45.5 Å². The maximum absolute atomic E-state index is 12.2. The van der Waals surface area contributed by atoms with Gasteiger partial charge in [-0.3, -0.25) is 0 Å². The number of aromatic hydroxyl groups is 1. The molecule has 6 heteroatoms. The first-order valence-corrected chi connectivity index (χ1v) is 7.85. The summed E-state index contributed by atoms with van der Waals surface area (Å²) in [6, 6.07) is 4.71. The summed E-state index contributed by atoms with van der Waals surface area (Å²) >= 11 is 0. The maximum atomic E-state index is 12.2. The molecule has 6 nitrogen and oxygen atoms in total. The van der Waals surface area contributed by atoms with Gasteiger partial charge in [-0.2, -0.15) is 0 Å². The second-order valence-electron chi connectivity index (χ2n) is 7.38. The van der Waals surface area contributed by atoms with Gasteiger partial charge >= 0.3 is 6.09 Å². The number of rotatable bonds is 0. The average Bonchev–Trinajstić information content (AvgIpc) is 2.79. The van der Waals surface area contributed by atoms with E-state index in [0.717, 1.165) is 0 Å². The van der Waals surface area contributed by atoms with Crippen molar-refractivity contribution >= 4 is 6.09 Å². The molecule has 23 heavy (non-hydrogen) atoms. The molecule has 1 fully saturated rings. The fourth-order valence-electron chi connectivity index (χ4n) is 3.20. The Balaban J connectivity index is 1.76. The number of phenolic OH excluding ortho intramolecular Hbond substituents is 1. The molecule has 0 aromatic heterocycles. The van der Waals surface area contributed by atoms with Crippen LogP contribution < -0.4 is 4.74 Å². The molecule has 3 rings (SSSR count). The Morgan fingerprint density at radius 3 is 2.87 bits per heavy atom. The third-order valence-electron chi connectivity index (χ3n) is 4.22. The van der Waals surface area contributed by atoms with Crippen LogP contribution in [0.25, 0.3) is 0 Å². The number of nitrogens with zero attached hydrogens (tertiary/aromatic N) is 1. The molecule has 2 aliphatic heterocycles. The number of likely N-dealkylation sites (tertiary alicyclic amines) is 1. The summed E-state index contributed by atoms with van der Waals surface area (Å²) in [5, 5.41) is 20.0. The molecule has 1 saturated heterocycles. The van der Waals surface area contributed by atoms with E-state index in [1.54, 1.807) is 11.0 Å². The second kappa shape index (κ2) is 5.30. The Labute approximate surface area is 135 Å². The van der Waals surface area contributed by atoms with Crippen molar-refractivity contribution in [3.05, 3.63) is 23.8 Å². The Morgan fingerprint density at radius 1 is 1.43 bits per heavy atom. The van der Waals surface area contributed by atoms with Crippen molar-refractivity contribution < 1.29 is 24.5 Å². The molecule has 2 aliphatic rings. The fraction of sp³-hybridized carbons (Fsp3) is 0.588. The second-order valence-corrected chi connectivity index (χ2v) is 7.38. The van der Waals surface area contributed by atoms with Gasteiger partial charge in [0.25, 0.3) is 0 Å². The third-order valence-corrected chi connectivity index (χ3v) is 4.22. The highest BCUT2D eigenvalue weighted by molar-refractivity contribution is 5.68. The first-order chi connectivity index (χ1) is 10.7. The predicted octanol–water partition coefficient (Wildman–Crippen LogP) is 2.59. The normalized spacial score (nSPS) is 26.8. The summed E-state index contributed by atoms with van der Waals surface area (Å²) < 4.78 is 11.5. The van der Waals surface area contributed by atoms with Crippen LogP contribution in [0.1, 0.15) is 45.3 Å². The Morgan fingerprint density at radius 2 is 2.17 bits per heavy atom. The number of carbonyl (C=O) groups is 1. The lowest BCUT2D eigenvalue weighted by Gasteiger charge is -2.38. The van der Waals surface area contributed by atoms with Crippen LogP contribution in [0.4, 0.5) is 4.79 Å². The van der Waals surface area contributed by atoms with Gasteiger partial charge in [0.15, 0.2) is 0 Å². The monoisotopic (exact) mass is 321 g/mol. The van der Waals surface area contributed by atoms with Gasteiger partial charge in [0.2, 0.25) is 0 Å². The van der Waals surface area contributed by atoms with E-state index in [0.29, 0.717) is 37.2 Å². The minimum atomic E-state index is -0.669. The number of aliphatic hydroxyl groups excluding tert-OH is 1. The molecule has 0 radical (unpaired) electrons. The largest absolute Gasteiger partial charge is 0.508 e. The standard InChI is InChI=1S/C17H23NO5/c1-16(2,3)23-15(21)18-7-6-17(10-18)9-13(20)12-5-4-11(19)8-14(12)22-17/h4-5,8,13,19-20H,6-7,9-10H2,1-3H3/t13-,17-/m0/s1. The van der Waals surface area contributed by atoms with E-state index in [9.17, 15) is 15.0 Å². The van der Waals surface area contributed by atoms with Gasteiger partial charge in [-0.05, 0) is 32.9 Å². The zero-order valence-corrected chi connectivity index (χ0v) is 13.7. The van der Waals surface area contributed by atoms with E-state index < -0.39 is 17.3 Å². The molecule has 0 aliphatic carbocycles. The van der Waals surface area contributed by atoms with Gasteiger partial charge in [-0.25, -0.2) is 4.79 Å². The highest BCUT2D eigenvalue weighted by atomic mass is 16.6. The fourth-order valence-corrected chi connectivity index (χ4v) is 3.20. The summed E-state index contributed by atoms with van der Waals surface area (Å²) in [7, 11) is 0. The zero-order valence-electron chi connectivity index (χ0n) is 13.7. The Kier molecular flexibility index (Phi) is 3.67. The number of phenols is 1. The third kappa shape index (κ3) is 3.22. The molecule has 0 saturated carbocycles. The molecular weight excluding hydrogens is 298 g/mol. The summed E-state index contributed by atoms with van der Waals surface area (Å²) in [6.07, 6.45) is 0.00903. The minimum Gasteiger partial charge on any atom is -0.508 e. The Bertz CT molecular complexity index is 624. The van der Waals surface area contributed by atoms with Crippen LogP contribution >= 0.6 is 0 Å². The molecule has 126 valence electrons. The molecule has 0 bridgehead atoms. The smallest absolute Gasteiger partial charge is 0.410 e. The van der Waals surface area contributed by atoms with E-state index in [-0.39, 0.29) is 11.8 Å². The van der Waals surface area contributed by atoms with Crippen LogP contribution in [0.15, 0.2) is 18.2 Å². The van der Waals surface area contributed by atoms with Crippen molar-refractivity contribution in [2.45, 2.75) is 50.9 Å². The number of hydrogen-bond donors (Lipinski definition) is 2. The maximum Gasteiger partial charge on any atom is 0.410 e. The number of amides is 1. The summed E-state index contributed by atoms with van der Waals surface area (Å²) in [5.41, 5.74) is -0.501. The molecule has 0 unspecified atom stereocenters. The van der Waals surface area contributed by atoms with Crippen molar-refractivity contribution in [1.29, 1.82) is 0 Å². The molecule has 1 aromatic rings. The van der Waals surface area contributed by atoms with Crippen LogP contribution in [0.2, 0.25) is 0 Å². The lowest BCUT2D eigenvalue weighted by Crippen LogP contribution is -2.45. The predicted molar refractivity (Wildman–Crippen MR) is 83.5 cm³/mol. The van der Waals surface area contributed by atoms with E-state index in [4.69, 9.17) is 9.47 Å². The number of hydrogen-bond acceptors (Lipinski definition) is 5. The number of fused-ring (bicyclic) bond motifs is 1. The number of benzene rings is 1. The zero-order chi connectivity index (χ0) is 16.8. The van der Waals surface area contributed by atoms with Crippen LogP contribution in [0, 0.1) is 0 Å². The van der Waals surface area contributed by atoms with Crippen LogP contribution in [-0.2, 0) is 4.74 Å². The number of ether oxygens (including phenoxy) is 2. The van der Waals surface area contributed by atoms with Crippen molar-refractivity contribution in [2.24, 2.45) is 0 Å². The van der Waals surface area contributed by atoms with Gasteiger partial charge in [0, 0.05) is 31.0 Å². The lowest BCUT2D eigenvalue weighted by molar-refractivity contribution is -0.0132. The highest BCUT2D eigenvalue weighted by Crippen LogP contribution is 2.44. The summed E-state index contributed by atoms with van der Waals surface area (Å²) in [6.45, 7) is 6.38. The van der Waals surface area contributed by atoms with Crippen molar-refractivity contribution in [1.82, 2.24) is 4.90 Å². The minimum absolute atomic E-state index is 0.0926.